The number of nitriles is 1. The van der Waals surface area contributed by atoms with Crippen LogP contribution < -0.4 is 21.1 Å². The normalized spacial score (nSPS) is 16.0. The number of furan rings is 1. The van der Waals surface area contributed by atoms with Gasteiger partial charge >= 0.3 is 0 Å². The zero-order chi connectivity index (χ0) is 21.7. The lowest BCUT2D eigenvalue weighted by Crippen LogP contribution is -2.31. The quantitative estimate of drug-likeness (QED) is 0.623. The van der Waals surface area contributed by atoms with Crippen molar-refractivity contribution in [1.29, 1.82) is 5.26 Å². The number of nitrogens with two attached hydrogens (primary N) is 1. The van der Waals surface area contributed by atoms with Gasteiger partial charge in [-0.1, -0.05) is 23.9 Å². The van der Waals surface area contributed by atoms with Crippen molar-refractivity contribution in [3.8, 4) is 11.8 Å². The molecule has 8 nitrogen and oxygen atoms in total. The molecule has 9 heteroatoms. The van der Waals surface area contributed by atoms with Gasteiger partial charge in [0.1, 0.15) is 11.5 Å². The number of methoxy groups -OCH3 is 1. The molecule has 0 saturated carbocycles. The molecule has 2 amide bonds. The van der Waals surface area contributed by atoms with Crippen LogP contribution in [-0.2, 0) is 9.59 Å². The fourth-order valence-electron chi connectivity index (χ4n) is 3.15. The number of ether oxygens (including phenoxy) is 1. The van der Waals surface area contributed by atoms with Gasteiger partial charge in [-0.2, -0.15) is 5.26 Å². The molecule has 1 atom stereocenters. The van der Waals surface area contributed by atoms with E-state index < -0.39 is 17.7 Å². The van der Waals surface area contributed by atoms with Gasteiger partial charge in [-0.3, -0.25) is 9.59 Å². The number of amides is 2. The molecule has 0 bridgehead atoms. The highest BCUT2D eigenvalue weighted by molar-refractivity contribution is 8.03. The Labute approximate surface area is 177 Å². The van der Waals surface area contributed by atoms with E-state index >= 15 is 0 Å². The summed E-state index contributed by atoms with van der Waals surface area (Å²) in [5, 5.41) is 16.2. The van der Waals surface area contributed by atoms with Crippen LogP contribution in [0.1, 0.15) is 18.6 Å². The number of primary amides is 1. The number of rotatable bonds is 7. The molecule has 0 radical (unpaired) electrons. The number of allylic oxidation sites excluding steroid dienone is 2. The molecule has 30 heavy (non-hydrogen) atoms. The molecular formula is C21H20N4O4S. The number of nitrogens with zero attached hydrogens (tertiary/aromatic N) is 1. The highest BCUT2D eigenvalue weighted by atomic mass is 32.2. The first-order chi connectivity index (χ1) is 14.5. The number of hydrogen-bond acceptors (Lipinski definition) is 7. The zero-order valence-corrected chi connectivity index (χ0v) is 17.2. The Bertz CT molecular complexity index is 1070. The highest BCUT2D eigenvalue weighted by Gasteiger charge is 2.36. The van der Waals surface area contributed by atoms with Gasteiger partial charge in [0, 0.05) is 5.70 Å². The van der Waals surface area contributed by atoms with E-state index in [-0.39, 0.29) is 11.3 Å². The maximum Gasteiger partial charge on any atom is 0.254 e. The Balaban J connectivity index is 2.02. The van der Waals surface area contributed by atoms with Gasteiger partial charge < -0.3 is 25.5 Å². The van der Waals surface area contributed by atoms with E-state index in [0.29, 0.717) is 33.5 Å². The summed E-state index contributed by atoms with van der Waals surface area (Å²) < 4.78 is 10.8. The average molecular weight is 424 g/mol. The Hall–Kier alpha value is -3.64. The molecular weight excluding hydrogens is 404 g/mol. The second kappa shape index (κ2) is 9.24. The molecule has 154 valence electrons. The topological polar surface area (TPSA) is 130 Å². The van der Waals surface area contributed by atoms with Crippen LogP contribution in [0, 0.1) is 11.3 Å². The average Bonchev–Trinajstić information content (AvgIpc) is 3.26. The third-order valence-electron chi connectivity index (χ3n) is 4.43. The van der Waals surface area contributed by atoms with Crippen molar-refractivity contribution in [2.75, 3.05) is 18.2 Å². The predicted octanol–water partition coefficient (Wildman–Crippen LogP) is 2.84. The maximum absolute atomic E-state index is 13.3. The van der Waals surface area contributed by atoms with Gasteiger partial charge in [-0.05, 0) is 31.2 Å². The van der Waals surface area contributed by atoms with Crippen LogP contribution in [0.3, 0.4) is 0 Å². The van der Waals surface area contributed by atoms with Crippen molar-refractivity contribution in [3.05, 3.63) is 70.3 Å². The van der Waals surface area contributed by atoms with Crippen LogP contribution >= 0.6 is 11.8 Å². The third-order valence-corrected chi connectivity index (χ3v) is 5.47. The van der Waals surface area contributed by atoms with Crippen LogP contribution in [0.5, 0.6) is 5.75 Å². The lowest BCUT2D eigenvalue weighted by Gasteiger charge is -2.28. The zero-order valence-electron chi connectivity index (χ0n) is 16.4. The molecule has 4 N–H and O–H groups in total. The summed E-state index contributed by atoms with van der Waals surface area (Å²) in [7, 11) is 1.52. The van der Waals surface area contributed by atoms with E-state index in [1.54, 1.807) is 43.3 Å². The van der Waals surface area contributed by atoms with E-state index in [9.17, 15) is 14.9 Å². The molecule has 0 fully saturated rings. The van der Waals surface area contributed by atoms with Gasteiger partial charge in [0.05, 0.1) is 53.0 Å². The molecule has 2 heterocycles. The van der Waals surface area contributed by atoms with E-state index in [4.69, 9.17) is 14.9 Å². The summed E-state index contributed by atoms with van der Waals surface area (Å²) in [4.78, 5) is 24.5. The minimum atomic E-state index is -0.740. The summed E-state index contributed by atoms with van der Waals surface area (Å²) in [6.45, 7) is 1.73. The van der Waals surface area contributed by atoms with Gasteiger partial charge in [0.25, 0.3) is 5.91 Å². The molecule has 1 aliphatic heterocycles. The minimum Gasteiger partial charge on any atom is -0.495 e. The van der Waals surface area contributed by atoms with E-state index in [2.05, 4.69) is 16.7 Å². The van der Waals surface area contributed by atoms with Crippen molar-refractivity contribution in [3.63, 3.8) is 0 Å². The first-order valence-electron chi connectivity index (χ1n) is 8.97. The lowest BCUT2D eigenvalue weighted by atomic mass is 9.85. The minimum absolute atomic E-state index is 0.00554. The maximum atomic E-state index is 13.3. The van der Waals surface area contributed by atoms with Gasteiger partial charge in [-0.15, -0.1) is 0 Å². The molecule has 0 spiro atoms. The monoisotopic (exact) mass is 424 g/mol. The van der Waals surface area contributed by atoms with Crippen molar-refractivity contribution < 1.29 is 18.7 Å². The third kappa shape index (κ3) is 4.34. The fourth-order valence-corrected chi connectivity index (χ4v) is 3.98. The summed E-state index contributed by atoms with van der Waals surface area (Å²) >= 11 is 1.11. The van der Waals surface area contributed by atoms with Gasteiger partial charge in [-0.25, -0.2) is 0 Å². The second-order valence-electron chi connectivity index (χ2n) is 6.38. The number of carbonyl (C=O) groups excluding carboxylic acids is 2. The summed E-state index contributed by atoms with van der Waals surface area (Å²) in [5.74, 6) is -0.712. The van der Waals surface area contributed by atoms with Crippen LogP contribution in [0.15, 0.2) is 69.0 Å². The number of para-hydroxylation sites is 2. The Morgan fingerprint density at radius 2 is 2.10 bits per heavy atom. The summed E-state index contributed by atoms with van der Waals surface area (Å²) in [5.41, 5.74) is 6.89. The van der Waals surface area contributed by atoms with E-state index in [1.807, 2.05) is 0 Å². The molecule has 0 saturated heterocycles. The highest BCUT2D eigenvalue weighted by Crippen LogP contribution is 2.41. The first kappa shape index (κ1) is 21.1. The standard InChI is InChI=1S/C21H20N4O4S/c1-12-18(20(27)25-14-6-3-4-7-15(14)28-2)19(16-8-5-9-29-16)13(10-22)21(24-12)30-11-17(23)26/h3-9,19,24H,11H2,1-2H3,(H2,23,26)(H,25,27)/t19-/m1/s1. The van der Waals surface area contributed by atoms with Crippen molar-refractivity contribution in [1.82, 2.24) is 5.32 Å². The van der Waals surface area contributed by atoms with E-state index in [0.717, 1.165) is 11.8 Å². The van der Waals surface area contributed by atoms with Crippen LogP contribution in [0.2, 0.25) is 0 Å². The smallest absolute Gasteiger partial charge is 0.254 e. The van der Waals surface area contributed by atoms with Crippen LogP contribution in [-0.4, -0.2) is 24.7 Å². The van der Waals surface area contributed by atoms with Crippen molar-refractivity contribution in [2.24, 2.45) is 5.73 Å². The number of anilines is 1. The number of carbonyl (C=O) groups is 2. The SMILES string of the molecule is COc1ccccc1NC(=O)C1=C(C)NC(SCC(N)=O)=C(C#N)[C@@H]1c1ccco1. The van der Waals surface area contributed by atoms with E-state index in [1.165, 1.54) is 13.4 Å². The molecule has 1 aromatic heterocycles. The Morgan fingerprint density at radius 3 is 2.73 bits per heavy atom. The number of benzene rings is 1. The summed E-state index contributed by atoms with van der Waals surface area (Å²) in [6, 6.07) is 12.6. The Kier molecular flexibility index (Phi) is 6.49. The molecule has 0 unspecified atom stereocenters. The summed E-state index contributed by atoms with van der Waals surface area (Å²) in [6.07, 6.45) is 1.48. The predicted molar refractivity (Wildman–Crippen MR) is 113 cm³/mol. The fraction of sp³-hybridized carbons (Fsp3) is 0.190. The molecule has 2 aromatic rings. The molecule has 0 aliphatic carbocycles. The van der Waals surface area contributed by atoms with Gasteiger partial charge in [0.2, 0.25) is 5.91 Å². The number of nitrogens with one attached hydrogen (secondary N) is 2. The second-order valence-corrected chi connectivity index (χ2v) is 7.36. The van der Waals surface area contributed by atoms with Gasteiger partial charge in [0.15, 0.2) is 0 Å². The molecule has 1 aliphatic rings. The number of hydrogen-bond donors (Lipinski definition) is 3. The lowest BCUT2D eigenvalue weighted by molar-refractivity contribution is -0.115. The van der Waals surface area contributed by atoms with Crippen LogP contribution in [0.4, 0.5) is 5.69 Å². The van der Waals surface area contributed by atoms with Crippen molar-refractivity contribution in [2.45, 2.75) is 12.8 Å². The largest absolute Gasteiger partial charge is 0.495 e. The van der Waals surface area contributed by atoms with Crippen molar-refractivity contribution >= 4 is 29.3 Å². The first-order valence-corrected chi connectivity index (χ1v) is 9.95. The number of dihydropyridines is 1. The number of thioether (sulfide) groups is 1. The van der Waals surface area contributed by atoms with Crippen LogP contribution in [0.25, 0.3) is 0 Å². The Morgan fingerprint density at radius 1 is 1.33 bits per heavy atom. The molecule has 1 aromatic carbocycles. The molecule has 3 rings (SSSR count).